The Kier molecular flexibility index (Phi) is 9.62. The minimum absolute atomic E-state index is 0. The molecule has 3 aliphatic rings. The van der Waals surface area contributed by atoms with Crippen LogP contribution >= 0.6 is 35.7 Å². The molecule has 2 N–H and O–H groups in total. The highest BCUT2D eigenvalue weighted by molar-refractivity contribution is 14.0. The van der Waals surface area contributed by atoms with Gasteiger partial charge in [-0.05, 0) is 37.0 Å². The van der Waals surface area contributed by atoms with E-state index in [0.717, 1.165) is 57.9 Å². The highest BCUT2D eigenvalue weighted by Crippen LogP contribution is 2.28. The molecule has 0 bridgehead atoms. The molecule has 0 aromatic heterocycles. The van der Waals surface area contributed by atoms with Crippen molar-refractivity contribution in [2.75, 3.05) is 49.6 Å². The monoisotopic (exact) mass is 557 g/mol. The van der Waals surface area contributed by atoms with Crippen molar-refractivity contribution < 1.29 is 4.79 Å². The molecule has 1 aromatic carbocycles. The Labute approximate surface area is 208 Å². The third-order valence-corrected chi connectivity index (χ3v) is 7.48. The number of carbonyl (C=O) groups excluding carboxylic acids is 1. The Morgan fingerprint density at radius 3 is 2.48 bits per heavy atom. The summed E-state index contributed by atoms with van der Waals surface area (Å²) in [5, 5.41) is 6.94. The molecule has 1 saturated carbocycles. The van der Waals surface area contributed by atoms with Gasteiger partial charge in [0.15, 0.2) is 5.96 Å². The van der Waals surface area contributed by atoms with Gasteiger partial charge in [0.1, 0.15) is 0 Å². The Morgan fingerprint density at radius 1 is 1.10 bits per heavy atom. The van der Waals surface area contributed by atoms with Gasteiger partial charge in [0, 0.05) is 68.9 Å². The van der Waals surface area contributed by atoms with Gasteiger partial charge in [0.2, 0.25) is 5.91 Å². The topological polar surface area (TPSA) is 60.0 Å². The van der Waals surface area contributed by atoms with Crippen LogP contribution in [0.25, 0.3) is 0 Å². The average molecular weight is 558 g/mol. The van der Waals surface area contributed by atoms with Crippen molar-refractivity contribution in [3.05, 3.63) is 29.8 Å². The number of nitrogens with one attached hydrogen (secondary N) is 2. The first-order chi connectivity index (χ1) is 14.7. The molecule has 1 atom stereocenters. The molecule has 1 unspecified atom stereocenters. The molecule has 6 nitrogen and oxygen atoms in total. The quantitative estimate of drug-likeness (QED) is 0.331. The zero-order chi connectivity index (χ0) is 20.8. The average Bonchev–Trinajstić information content (AvgIpc) is 3.50. The highest BCUT2D eigenvalue weighted by atomic mass is 127. The lowest BCUT2D eigenvalue weighted by Crippen LogP contribution is -2.45. The molecule has 2 saturated heterocycles. The van der Waals surface area contributed by atoms with Crippen LogP contribution in [-0.4, -0.2) is 67.5 Å². The number of rotatable bonds is 5. The first-order valence-corrected chi connectivity index (χ1v) is 12.6. The number of halogens is 1. The zero-order valence-corrected chi connectivity index (χ0v) is 21.7. The summed E-state index contributed by atoms with van der Waals surface area (Å²) in [4.78, 5) is 21.6. The smallest absolute Gasteiger partial charge is 0.225 e. The van der Waals surface area contributed by atoms with Crippen molar-refractivity contribution >= 4 is 53.3 Å². The van der Waals surface area contributed by atoms with Crippen molar-refractivity contribution in [2.24, 2.45) is 10.9 Å². The number of aliphatic imine (C=N–C) groups is 1. The van der Waals surface area contributed by atoms with Crippen molar-refractivity contribution in [1.29, 1.82) is 0 Å². The van der Waals surface area contributed by atoms with E-state index in [9.17, 15) is 4.79 Å². The highest BCUT2D eigenvalue weighted by Gasteiger charge is 2.32. The standard InChI is InChI=1S/C23H35N5OS.HI/c1-24-23(26-20-10-11-28(17-20)22(29)19-4-2-3-5-19)25-16-18-6-8-21(9-7-18)27-12-14-30-15-13-27;/h6-9,19-20H,2-5,10-17H2,1H3,(H2,24,25,26);1H. The van der Waals surface area contributed by atoms with Crippen molar-refractivity contribution in [1.82, 2.24) is 15.5 Å². The maximum Gasteiger partial charge on any atom is 0.225 e. The molecule has 2 aliphatic heterocycles. The van der Waals surface area contributed by atoms with Gasteiger partial charge in [-0.2, -0.15) is 11.8 Å². The van der Waals surface area contributed by atoms with E-state index in [1.807, 2.05) is 18.8 Å². The number of anilines is 1. The summed E-state index contributed by atoms with van der Waals surface area (Å²) >= 11 is 2.04. The third-order valence-electron chi connectivity index (χ3n) is 6.54. The van der Waals surface area contributed by atoms with Crippen LogP contribution in [0.5, 0.6) is 0 Å². The van der Waals surface area contributed by atoms with Crippen LogP contribution in [0.1, 0.15) is 37.7 Å². The summed E-state index contributed by atoms with van der Waals surface area (Å²) in [6, 6.07) is 9.14. The lowest BCUT2D eigenvalue weighted by Gasteiger charge is -2.28. The molecule has 0 radical (unpaired) electrons. The summed E-state index contributed by atoms with van der Waals surface area (Å²) in [5.74, 6) is 3.89. The Bertz CT molecular complexity index is 732. The number of benzene rings is 1. The molecule has 1 amide bonds. The second-order valence-electron chi connectivity index (χ2n) is 8.59. The first-order valence-electron chi connectivity index (χ1n) is 11.4. The molecule has 3 fully saturated rings. The number of carbonyl (C=O) groups is 1. The largest absolute Gasteiger partial charge is 0.370 e. The molecule has 2 heterocycles. The number of guanidine groups is 1. The maximum absolute atomic E-state index is 12.6. The van der Waals surface area contributed by atoms with Crippen molar-refractivity contribution in [3.63, 3.8) is 0 Å². The number of likely N-dealkylation sites (tertiary alicyclic amines) is 1. The van der Waals surface area contributed by atoms with E-state index in [4.69, 9.17) is 0 Å². The van der Waals surface area contributed by atoms with E-state index in [0.29, 0.717) is 5.91 Å². The number of hydrogen-bond acceptors (Lipinski definition) is 4. The SMILES string of the molecule is CN=C(NCc1ccc(N2CCSCC2)cc1)NC1CCN(C(=O)C2CCCC2)C1.I. The summed E-state index contributed by atoms with van der Waals surface area (Å²) in [7, 11) is 1.81. The second kappa shape index (κ2) is 12.2. The van der Waals surface area contributed by atoms with Gasteiger partial charge in [-0.25, -0.2) is 0 Å². The number of thioether (sulfide) groups is 1. The van der Waals surface area contributed by atoms with Crippen LogP contribution in [0, 0.1) is 5.92 Å². The fourth-order valence-corrected chi connectivity index (χ4v) is 5.63. The van der Waals surface area contributed by atoms with Gasteiger partial charge in [-0.1, -0.05) is 25.0 Å². The normalized spacial score (nSPS) is 22.4. The van der Waals surface area contributed by atoms with E-state index in [1.165, 1.54) is 35.6 Å². The van der Waals surface area contributed by atoms with Crippen LogP contribution in [0.15, 0.2) is 29.3 Å². The van der Waals surface area contributed by atoms with Crippen LogP contribution in [0.2, 0.25) is 0 Å². The Morgan fingerprint density at radius 2 is 1.81 bits per heavy atom. The first kappa shape index (κ1) is 24.5. The van der Waals surface area contributed by atoms with Gasteiger partial charge in [0.05, 0.1) is 0 Å². The van der Waals surface area contributed by atoms with E-state index >= 15 is 0 Å². The molecule has 31 heavy (non-hydrogen) atoms. The van der Waals surface area contributed by atoms with Crippen LogP contribution in [-0.2, 0) is 11.3 Å². The maximum atomic E-state index is 12.6. The molecule has 1 aliphatic carbocycles. The van der Waals surface area contributed by atoms with Crippen LogP contribution in [0.3, 0.4) is 0 Å². The number of hydrogen-bond donors (Lipinski definition) is 2. The lowest BCUT2D eigenvalue weighted by atomic mass is 10.1. The van der Waals surface area contributed by atoms with Gasteiger partial charge in [-0.3, -0.25) is 9.79 Å². The Balaban J connectivity index is 0.00000272. The fraction of sp³-hybridized carbons (Fsp3) is 0.652. The number of nitrogens with zero attached hydrogens (tertiary/aromatic N) is 3. The van der Waals surface area contributed by atoms with Gasteiger partial charge in [0.25, 0.3) is 0 Å². The zero-order valence-electron chi connectivity index (χ0n) is 18.5. The van der Waals surface area contributed by atoms with E-state index in [1.54, 1.807) is 0 Å². The van der Waals surface area contributed by atoms with E-state index < -0.39 is 0 Å². The fourth-order valence-electron chi connectivity index (χ4n) is 4.73. The Hall–Kier alpha value is -1.16. The van der Waals surface area contributed by atoms with Crippen molar-refractivity contribution in [2.45, 2.75) is 44.7 Å². The summed E-state index contributed by atoms with van der Waals surface area (Å²) in [5.41, 5.74) is 2.57. The molecule has 8 heteroatoms. The molecule has 1 aromatic rings. The molecule has 4 rings (SSSR count). The molecular weight excluding hydrogens is 521 g/mol. The van der Waals surface area contributed by atoms with Gasteiger partial charge >= 0.3 is 0 Å². The molecular formula is C23H36IN5OS. The van der Waals surface area contributed by atoms with Crippen LogP contribution in [0.4, 0.5) is 5.69 Å². The minimum atomic E-state index is 0. The second-order valence-corrected chi connectivity index (χ2v) is 9.81. The summed E-state index contributed by atoms with van der Waals surface area (Å²) in [6.45, 7) is 4.67. The minimum Gasteiger partial charge on any atom is -0.370 e. The van der Waals surface area contributed by atoms with E-state index in [2.05, 4.69) is 49.7 Å². The summed E-state index contributed by atoms with van der Waals surface area (Å²) < 4.78 is 0. The lowest BCUT2D eigenvalue weighted by molar-refractivity contribution is -0.134. The third kappa shape index (κ3) is 6.66. The molecule has 172 valence electrons. The predicted octanol–water partition coefficient (Wildman–Crippen LogP) is 3.31. The van der Waals surface area contributed by atoms with Crippen LogP contribution < -0.4 is 15.5 Å². The van der Waals surface area contributed by atoms with Crippen molar-refractivity contribution in [3.8, 4) is 0 Å². The molecule has 0 spiro atoms. The van der Waals surface area contributed by atoms with Gasteiger partial charge in [-0.15, -0.1) is 24.0 Å². The predicted molar refractivity (Wildman–Crippen MR) is 142 cm³/mol. The number of amides is 1. The summed E-state index contributed by atoms with van der Waals surface area (Å²) in [6.07, 6.45) is 5.56. The van der Waals surface area contributed by atoms with Gasteiger partial charge < -0.3 is 20.4 Å². The van der Waals surface area contributed by atoms with E-state index in [-0.39, 0.29) is 35.9 Å².